The van der Waals surface area contributed by atoms with Crippen LogP contribution in [0.5, 0.6) is 17.2 Å². The van der Waals surface area contributed by atoms with Crippen LogP contribution in [0.25, 0.3) is 0 Å². The van der Waals surface area contributed by atoms with Gasteiger partial charge in [-0.15, -0.1) is 0 Å². The molecule has 9 nitrogen and oxygen atoms in total. The highest BCUT2D eigenvalue weighted by Gasteiger charge is 2.27. The maximum atomic E-state index is 12.8. The Labute approximate surface area is 195 Å². The summed E-state index contributed by atoms with van der Waals surface area (Å²) < 4.78 is 42.8. The summed E-state index contributed by atoms with van der Waals surface area (Å²) in [4.78, 5) is 14.8. The van der Waals surface area contributed by atoms with E-state index in [0.29, 0.717) is 43.4 Å². The lowest BCUT2D eigenvalue weighted by Crippen LogP contribution is -2.50. The zero-order chi connectivity index (χ0) is 24.0. The SMILES string of the molecule is COc1cc(C(=O)NCCS(=O)(=O)N2CCN(c3cccc(C)c3)CC2)cc(OC)c1OC. The van der Waals surface area contributed by atoms with Crippen molar-refractivity contribution < 1.29 is 27.4 Å². The van der Waals surface area contributed by atoms with E-state index < -0.39 is 15.9 Å². The molecule has 1 amide bonds. The minimum atomic E-state index is -3.49. The van der Waals surface area contributed by atoms with Crippen molar-refractivity contribution in [3.8, 4) is 17.2 Å². The Bertz CT molecular complexity index is 1060. The van der Waals surface area contributed by atoms with Gasteiger partial charge < -0.3 is 24.4 Å². The highest BCUT2D eigenvalue weighted by atomic mass is 32.2. The molecule has 0 aliphatic carbocycles. The molecular weight excluding hydrogens is 446 g/mol. The molecule has 3 rings (SSSR count). The van der Waals surface area contributed by atoms with Gasteiger partial charge in [-0.25, -0.2) is 8.42 Å². The first kappa shape index (κ1) is 24.7. The van der Waals surface area contributed by atoms with Crippen LogP contribution in [0, 0.1) is 6.92 Å². The van der Waals surface area contributed by atoms with Gasteiger partial charge in [0.2, 0.25) is 15.8 Å². The average molecular weight is 478 g/mol. The van der Waals surface area contributed by atoms with Gasteiger partial charge in [-0.3, -0.25) is 4.79 Å². The molecule has 10 heteroatoms. The summed E-state index contributed by atoms with van der Waals surface area (Å²) in [6.07, 6.45) is 0. The molecule has 0 unspecified atom stereocenters. The van der Waals surface area contributed by atoms with Gasteiger partial charge in [0.1, 0.15) is 0 Å². The van der Waals surface area contributed by atoms with Crippen LogP contribution in [-0.4, -0.2) is 78.4 Å². The molecule has 1 aliphatic heterocycles. The number of aryl methyl sites for hydroxylation is 1. The minimum Gasteiger partial charge on any atom is -0.493 e. The molecule has 0 saturated carbocycles. The smallest absolute Gasteiger partial charge is 0.251 e. The normalized spacial score (nSPS) is 14.6. The van der Waals surface area contributed by atoms with E-state index in [9.17, 15) is 13.2 Å². The van der Waals surface area contributed by atoms with Crippen molar-refractivity contribution in [1.29, 1.82) is 0 Å². The molecule has 33 heavy (non-hydrogen) atoms. The van der Waals surface area contributed by atoms with Crippen molar-refractivity contribution in [2.24, 2.45) is 0 Å². The van der Waals surface area contributed by atoms with Crippen molar-refractivity contribution in [2.75, 3.05) is 64.7 Å². The minimum absolute atomic E-state index is 0.00405. The summed E-state index contributed by atoms with van der Waals surface area (Å²) in [6.45, 7) is 4.11. The Balaban J connectivity index is 1.55. The first-order valence-electron chi connectivity index (χ1n) is 10.7. The molecular formula is C23H31N3O6S. The highest BCUT2D eigenvalue weighted by Crippen LogP contribution is 2.38. The molecule has 0 radical (unpaired) electrons. The van der Waals surface area contributed by atoms with E-state index in [4.69, 9.17) is 14.2 Å². The lowest BCUT2D eigenvalue weighted by Gasteiger charge is -2.35. The molecule has 1 aliphatic rings. The van der Waals surface area contributed by atoms with Crippen LogP contribution in [-0.2, 0) is 10.0 Å². The van der Waals surface area contributed by atoms with Gasteiger partial charge in [-0.2, -0.15) is 4.31 Å². The monoisotopic (exact) mass is 477 g/mol. The maximum absolute atomic E-state index is 12.8. The lowest BCUT2D eigenvalue weighted by atomic mass is 10.1. The Kier molecular flexibility index (Phi) is 8.04. The number of methoxy groups -OCH3 is 3. The van der Waals surface area contributed by atoms with Crippen molar-refractivity contribution >= 4 is 21.6 Å². The van der Waals surface area contributed by atoms with Crippen LogP contribution in [0.15, 0.2) is 36.4 Å². The number of hydrogen-bond acceptors (Lipinski definition) is 7. The highest BCUT2D eigenvalue weighted by molar-refractivity contribution is 7.89. The number of nitrogens with one attached hydrogen (secondary N) is 1. The van der Waals surface area contributed by atoms with Crippen molar-refractivity contribution in [3.63, 3.8) is 0 Å². The first-order chi connectivity index (χ1) is 15.8. The quantitative estimate of drug-likeness (QED) is 0.589. The fourth-order valence-corrected chi connectivity index (χ4v) is 5.12. The van der Waals surface area contributed by atoms with Crippen molar-refractivity contribution in [3.05, 3.63) is 47.5 Å². The molecule has 0 bridgehead atoms. The zero-order valence-corrected chi connectivity index (χ0v) is 20.3. The third kappa shape index (κ3) is 5.88. The standard InChI is InChI=1S/C23H31N3O6S/c1-17-6-5-7-19(14-17)25-9-11-26(12-10-25)33(28,29)13-8-24-23(27)18-15-20(30-2)22(32-4)21(16-18)31-3/h5-7,14-16H,8-13H2,1-4H3,(H,24,27). The van der Waals surface area contributed by atoms with Gasteiger partial charge in [0.15, 0.2) is 11.5 Å². The molecule has 1 fully saturated rings. The first-order valence-corrected chi connectivity index (χ1v) is 12.3. The molecule has 1 saturated heterocycles. The number of anilines is 1. The van der Waals surface area contributed by atoms with Gasteiger partial charge in [0.05, 0.1) is 27.1 Å². The molecule has 180 valence electrons. The lowest BCUT2D eigenvalue weighted by molar-refractivity contribution is 0.0955. The van der Waals surface area contributed by atoms with E-state index in [-0.39, 0.29) is 17.9 Å². The van der Waals surface area contributed by atoms with Gasteiger partial charge in [-0.05, 0) is 36.8 Å². The van der Waals surface area contributed by atoms with Gasteiger partial charge in [-0.1, -0.05) is 12.1 Å². The van der Waals surface area contributed by atoms with Crippen molar-refractivity contribution in [1.82, 2.24) is 9.62 Å². The summed E-state index contributed by atoms with van der Waals surface area (Å²) in [6, 6.07) is 11.2. The molecule has 2 aromatic rings. The molecule has 1 N–H and O–H groups in total. The fraction of sp³-hybridized carbons (Fsp3) is 0.435. The third-order valence-corrected chi connectivity index (χ3v) is 7.44. The second kappa shape index (κ2) is 10.8. The molecule has 1 heterocycles. The van der Waals surface area contributed by atoms with E-state index in [1.165, 1.54) is 43.3 Å². The molecule has 0 spiro atoms. The van der Waals surface area contributed by atoms with Crippen LogP contribution >= 0.6 is 0 Å². The average Bonchev–Trinajstić information content (AvgIpc) is 2.82. The molecule has 0 atom stereocenters. The Hall–Kier alpha value is -2.98. The largest absolute Gasteiger partial charge is 0.493 e. The van der Waals surface area contributed by atoms with Crippen LogP contribution in [0.1, 0.15) is 15.9 Å². The number of benzene rings is 2. The van der Waals surface area contributed by atoms with E-state index in [0.717, 1.165) is 5.69 Å². The van der Waals surface area contributed by atoms with E-state index in [1.807, 2.05) is 25.1 Å². The Morgan fingerprint density at radius 2 is 1.61 bits per heavy atom. The number of hydrogen-bond donors (Lipinski definition) is 1. The number of carbonyl (C=O) groups excluding carboxylic acids is 1. The van der Waals surface area contributed by atoms with E-state index in [1.54, 1.807) is 0 Å². The maximum Gasteiger partial charge on any atom is 0.251 e. The number of carbonyl (C=O) groups is 1. The molecule has 2 aromatic carbocycles. The Morgan fingerprint density at radius 3 is 2.15 bits per heavy atom. The number of ether oxygens (including phenoxy) is 3. The van der Waals surface area contributed by atoms with Crippen LogP contribution in [0.2, 0.25) is 0 Å². The number of amides is 1. The fourth-order valence-electron chi connectivity index (χ4n) is 3.79. The summed E-state index contributed by atoms with van der Waals surface area (Å²) >= 11 is 0. The van der Waals surface area contributed by atoms with Gasteiger partial charge >= 0.3 is 0 Å². The predicted octanol–water partition coefficient (Wildman–Crippen LogP) is 1.90. The molecule has 0 aromatic heterocycles. The summed E-state index contributed by atoms with van der Waals surface area (Å²) in [7, 11) is 0.914. The number of sulfonamides is 1. The van der Waals surface area contributed by atoms with Gasteiger partial charge in [0.25, 0.3) is 5.91 Å². The van der Waals surface area contributed by atoms with Crippen LogP contribution in [0.4, 0.5) is 5.69 Å². The summed E-state index contributed by atoms with van der Waals surface area (Å²) in [5, 5.41) is 2.67. The van der Waals surface area contributed by atoms with E-state index >= 15 is 0 Å². The second-order valence-electron chi connectivity index (χ2n) is 7.71. The predicted molar refractivity (Wildman–Crippen MR) is 127 cm³/mol. The van der Waals surface area contributed by atoms with Crippen LogP contribution < -0.4 is 24.4 Å². The number of rotatable bonds is 9. The van der Waals surface area contributed by atoms with Crippen molar-refractivity contribution in [2.45, 2.75) is 6.92 Å². The zero-order valence-electron chi connectivity index (χ0n) is 19.5. The number of nitrogens with zero attached hydrogens (tertiary/aromatic N) is 2. The summed E-state index contributed by atoms with van der Waals surface area (Å²) in [5.74, 6) is 0.480. The van der Waals surface area contributed by atoms with Gasteiger partial charge in [0, 0.05) is 44.0 Å². The second-order valence-corrected chi connectivity index (χ2v) is 9.80. The number of piperazine rings is 1. The van der Waals surface area contributed by atoms with E-state index in [2.05, 4.69) is 16.3 Å². The topological polar surface area (TPSA) is 97.4 Å². The van der Waals surface area contributed by atoms with Crippen LogP contribution in [0.3, 0.4) is 0 Å². The third-order valence-electron chi connectivity index (χ3n) is 5.57. The Morgan fingerprint density at radius 1 is 0.970 bits per heavy atom. The summed E-state index contributed by atoms with van der Waals surface area (Å²) in [5.41, 5.74) is 2.56.